The van der Waals surface area contributed by atoms with Gasteiger partial charge in [-0.3, -0.25) is 4.79 Å². The first-order valence-corrected chi connectivity index (χ1v) is 11.4. The number of nitrogens with zero attached hydrogens (tertiary/aromatic N) is 3. The number of aromatic nitrogens is 1. The van der Waals surface area contributed by atoms with Gasteiger partial charge in [0, 0.05) is 26.2 Å². The van der Waals surface area contributed by atoms with Gasteiger partial charge in [-0.15, -0.1) is 0 Å². The molecular formula is C24H29N3O2S. The molecule has 1 aromatic heterocycles. The van der Waals surface area contributed by atoms with Crippen LogP contribution in [0.1, 0.15) is 36.5 Å². The van der Waals surface area contributed by atoms with Crippen LogP contribution in [-0.2, 0) is 4.79 Å². The van der Waals surface area contributed by atoms with Gasteiger partial charge in [-0.25, -0.2) is 4.98 Å². The van der Waals surface area contributed by atoms with E-state index in [1.807, 2.05) is 17.0 Å². The van der Waals surface area contributed by atoms with Gasteiger partial charge in [0.25, 0.3) is 5.91 Å². The maximum atomic E-state index is 12.6. The fourth-order valence-corrected chi connectivity index (χ4v) is 5.02. The number of anilines is 1. The number of carbonyl (C=O) groups excluding carboxylic acids is 1. The van der Waals surface area contributed by atoms with Crippen LogP contribution >= 0.6 is 11.3 Å². The first-order valence-electron chi connectivity index (χ1n) is 10.5. The molecule has 1 saturated heterocycles. The van der Waals surface area contributed by atoms with Gasteiger partial charge in [0.15, 0.2) is 11.7 Å². The van der Waals surface area contributed by atoms with E-state index >= 15 is 0 Å². The van der Waals surface area contributed by atoms with Gasteiger partial charge in [0.05, 0.1) is 10.2 Å². The van der Waals surface area contributed by atoms with Gasteiger partial charge in [-0.2, -0.15) is 0 Å². The van der Waals surface area contributed by atoms with E-state index in [1.54, 1.807) is 11.3 Å². The Morgan fingerprint density at radius 3 is 2.47 bits per heavy atom. The Hall–Kier alpha value is -2.60. The molecule has 1 amide bonds. The standard InChI is InChI=1S/C24H29N3O2S/c1-16(2)19-5-7-20(8-6-19)29-15-22(28)26-9-11-27(12-10-26)24-25-23-18(4)13-17(3)14-21(23)30-24/h5-8,13-14,16H,9-12,15H2,1-4H3. The van der Waals surface area contributed by atoms with Gasteiger partial charge < -0.3 is 14.5 Å². The molecule has 158 valence electrons. The van der Waals surface area contributed by atoms with Gasteiger partial charge in [0.1, 0.15) is 5.75 Å². The molecule has 0 atom stereocenters. The number of piperazine rings is 1. The Morgan fingerprint density at radius 2 is 1.80 bits per heavy atom. The fourth-order valence-electron chi connectivity index (χ4n) is 3.83. The molecule has 6 heteroatoms. The Labute approximate surface area is 182 Å². The molecule has 0 spiro atoms. The van der Waals surface area contributed by atoms with Crippen molar-refractivity contribution in [1.29, 1.82) is 0 Å². The number of hydrogen-bond donors (Lipinski definition) is 0. The van der Waals surface area contributed by atoms with E-state index in [1.165, 1.54) is 21.4 Å². The monoisotopic (exact) mass is 423 g/mol. The lowest BCUT2D eigenvalue weighted by Gasteiger charge is -2.34. The summed E-state index contributed by atoms with van der Waals surface area (Å²) in [4.78, 5) is 21.6. The third-order valence-corrected chi connectivity index (χ3v) is 6.69. The third-order valence-electron chi connectivity index (χ3n) is 5.63. The number of ether oxygens (including phenoxy) is 1. The maximum Gasteiger partial charge on any atom is 0.260 e. The van der Waals surface area contributed by atoms with Gasteiger partial charge >= 0.3 is 0 Å². The van der Waals surface area contributed by atoms with Crippen LogP contribution < -0.4 is 9.64 Å². The molecule has 0 saturated carbocycles. The molecule has 5 nitrogen and oxygen atoms in total. The summed E-state index contributed by atoms with van der Waals surface area (Å²) in [5.74, 6) is 1.27. The van der Waals surface area contributed by atoms with Gasteiger partial charge in [0.2, 0.25) is 0 Å². The van der Waals surface area contributed by atoms with Crippen LogP contribution in [0.2, 0.25) is 0 Å². The topological polar surface area (TPSA) is 45.7 Å². The first kappa shape index (κ1) is 20.7. The smallest absolute Gasteiger partial charge is 0.260 e. The number of amides is 1. The highest BCUT2D eigenvalue weighted by molar-refractivity contribution is 7.22. The Bertz CT molecular complexity index is 1030. The summed E-state index contributed by atoms with van der Waals surface area (Å²) >= 11 is 1.74. The highest BCUT2D eigenvalue weighted by Gasteiger charge is 2.23. The van der Waals surface area contributed by atoms with E-state index in [0.29, 0.717) is 19.0 Å². The molecule has 0 N–H and O–H groups in total. The molecular weight excluding hydrogens is 394 g/mol. The average Bonchev–Trinajstić information content (AvgIpc) is 3.17. The largest absolute Gasteiger partial charge is 0.484 e. The molecule has 0 unspecified atom stereocenters. The molecule has 0 bridgehead atoms. The molecule has 0 aliphatic carbocycles. The van der Waals surface area contributed by atoms with E-state index < -0.39 is 0 Å². The first-order chi connectivity index (χ1) is 14.4. The summed E-state index contributed by atoms with van der Waals surface area (Å²) in [5, 5.41) is 1.05. The van der Waals surface area contributed by atoms with Crippen molar-refractivity contribution in [3.05, 3.63) is 53.1 Å². The van der Waals surface area contributed by atoms with Crippen molar-refractivity contribution >= 4 is 32.6 Å². The van der Waals surface area contributed by atoms with E-state index in [-0.39, 0.29) is 12.5 Å². The van der Waals surface area contributed by atoms with Crippen molar-refractivity contribution < 1.29 is 9.53 Å². The van der Waals surface area contributed by atoms with Crippen molar-refractivity contribution in [2.24, 2.45) is 0 Å². The van der Waals surface area contributed by atoms with Crippen molar-refractivity contribution in [3.8, 4) is 5.75 Å². The van der Waals surface area contributed by atoms with Crippen LogP contribution in [0, 0.1) is 13.8 Å². The van der Waals surface area contributed by atoms with E-state index in [2.05, 4.69) is 56.9 Å². The van der Waals surface area contributed by atoms with Crippen LogP contribution in [0.4, 0.5) is 5.13 Å². The van der Waals surface area contributed by atoms with Gasteiger partial charge in [-0.1, -0.05) is 43.4 Å². The second kappa shape index (κ2) is 8.64. The number of aryl methyl sites for hydroxylation is 2. The van der Waals surface area contributed by atoms with Gasteiger partial charge in [-0.05, 0) is 54.7 Å². The normalized spacial score (nSPS) is 14.6. The lowest BCUT2D eigenvalue weighted by molar-refractivity contribution is -0.133. The molecule has 2 heterocycles. The van der Waals surface area contributed by atoms with Crippen molar-refractivity contribution in [2.75, 3.05) is 37.7 Å². The number of benzene rings is 2. The van der Waals surface area contributed by atoms with E-state index in [0.717, 1.165) is 29.5 Å². The zero-order valence-corrected chi connectivity index (χ0v) is 19.0. The summed E-state index contributed by atoms with van der Waals surface area (Å²) in [6, 6.07) is 12.4. The minimum atomic E-state index is 0.0401. The molecule has 3 aromatic rings. The number of rotatable bonds is 5. The van der Waals surface area contributed by atoms with Crippen LogP contribution in [0.15, 0.2) is 36.4 Å². The minimum absolute atomic E-state index is 0.0401. The molecule has 30 heavy (non-hydrogen) atoms. The molecule has 1 aliphatic heterocycles. The van der Waals surface area contributed by atoms with Crippen molar-refractivity contribution in [3.63, 3.8) is 0 Å². The lowest BCUT2D eigenvalue weighted by Crippen LogP contribution is -2.50. The minimum Gasteiger partial charge on any atom is -0.484 e. The lowest BCUT2D eigenvalue weighted by atomic mass is 10.0. The third kappa shape index (κ3) is 4.43. The summed E-state index contributed by atoms with van der Waals surface area (Å²) in [6.07, 6.45) is 0. The number of thiazole rings is 1. The average molecular weight is 424 g/mol. The van der Waals surface area contributed by atoms with E-state index in [9.17, 15) is 4.79 Å². The zero-order chi connectivity index (χ0) is 21.3. The highest BCUT2D eigenvalue weighted by Crippen LogP contribution is 2.32. The number of hydrogen-bond acceptors (Lipinski definition) is 5. The molecule has 2 aromatic carbocycles. The Balaban J connectivity index is 1.31. The van der Waals surface area contributed by atoms with E-state index in [4.69, 9.17) is 9.72 Å². The molecule has 0 radical (unpaired) electrons. The fraction of sp³-hybridized carbons (Fsp3) is 0.417. The summed E-state index contributed by atoms with van der Waals surface area (Å²) in [6.45, 7) is 11.6. The van der Waals surface area contributed by atoms with Crippen LogP contribution in [0.3, 0.4) is 0 Å². The van der Waals surface area contributed by atoms with Crippen LogP contribution in [-0.4, -0.2) is 48.6 Å². The molecule has 1 fully saturated rings. The SMILES string of the molecule is Cc1cc(C)c2nc(N3CCN(C(=O)COc4ccc(C(C)C)cc4)CC3)sc2c1. The predicted octanol–water partition coefficient (Wildman–Crippen LogP) is 4.76. The van der Waals surface area contributed by atoms with Crippen LogP contribution in [0.25, 0.3) is 10.2 Å². The Morgan fingerprint density at radius 1 is 1.10 bits per heavy atom. The maximum absolute atomic E-state index is 12.6. The second-order valence-corrected chi connectivity index (χ2v) is 9.31. The quantitative estimate of drug-likeness (QED) is 0.593. The summed E-state index contributed by atoms with van der Waals surface area (Å²) < 4.78 is 6.95. The second-order valence-electron chi connectivity index (χ2n) is 8.31. The van der Waals surface area contributed by atoms with Crippen molar-refractivity contribution in [1.82, 2.24) is 9.88 Å². The highest BCUT2D eigenvalue weighted by atomic mass is 32.1. The van der Waals surface area contributed by atoms with Crippen molar-refractivity contribution in [2.45, 2.75) is 33.6 Å². The zero-order valence-electron chi connectivity index (χ0n) is 18.1. The number of carbonyl (C=O) groups is 1. The number of fused-ring (bicyclic) bond motifs is 1. The summed E-state index contributed by atoms with van der Waals surface area (Å²) in [5.41, 5.74) is 4.85. The Kier molecular flexibility index (Phi) is 5.95. The summed E-state index contributed by atoms with van der Waals surface area (Å²) in [7, 11) is 0. The molecule has 4 rings (SSSR count). The predicted molar refractivity (Wildman–Crippen MR) is 124 cm³/mol. The molecule has 1 aliphatic rings. The van der Waals surface area contributed by atoms with Crippen LogP contribution in [0.5, 0.6) is 5.75 Å².